The summed E-state index contributed by atoms with van der Waals surface area (Å²) in [5.74, 6) is -0.876. The summed E-state index contributed by atoms with van der Waals surface area (Å²) in [4.78, 5) is 33.6. The largest absolute Gasteiger partial charge is 0.494 e. The highest BCUT2D eigenvalue weighted by Crippen LogP contribution is 2.32. The van der Waals surface area contributed by atoms with E-state index in [2.05, 4.69) is 15.3 Å². The van der Waals surface area contributed by atoms with Gasteiger partial charge in [-0.3, -0.25) is 9.78 Å². The number of hydrogen-bond acceptors (Lipinski definition) is 5. The van der Waals surface area contributed by atoms with Crippen molar-refractivity contribution < 1.29 is 14.7 Å². The summed E-state index contributed by atoms with van der Waals surface area (Å²) >= 11 is 0. The number of rotatable bonds is 5. The number of hydrogen-bond donors (Lipinski definition) is 2. The molecule has 26 heavy (non-hydrogen) atoms. The maximum Gasteiger partial charge on any atom is 0.328 e. The fourth-order valence-electron chi connectivity index (χ4n) is 2.74. The number of aromatic nitrogens is 3. The molecule has 2 N–H and O–H groups in total. The van der Waals surface area contributed by atoms with Crippen LogP contribution in [0.2, 0.25) is 0 Å². The number of nitrogens with zero attached hydrogens (tertiary/aromatic N) is 3. The first kappa shape index (κ1) is 17.6. The maximum absolute atomic E-state index is 12.9. The zero-order chi connectivity index (χ0) is 18.7. The molecule has 0 fully saturated rings. The van der Waals surface area contributed by atoms with Gasteiger partial charge >= 0.3 is 6.03 Å². The lowest BCUT2D eigenvalue weighted by molar-refractivity contribution is 0.103. The lowest BCUT2D eigenvalue weighted by Crippen LogP contribution is -2.29. The number of benzene rings is 1. The van der Waals surface area contributed by atoms with Crippen LogP contribution < -0.4 is 5.32 Å². The SMILES string of the molecule is CCCCNC(=O)n1c(O)c(C(=O)c2cnc(C)cn2)c2ccccc21. The third-order valence-corrected chi connectivity index (χ3v) is 4.10. The maximum atomic E-state index is 12.9. The van der Waals surface area contributed by atoms with E-state index in [1.807, 2.05) is 6.92 Å². The second-order valence-electron chi connectivity index (χ2n) is 6.01. The van der Waals surface area contributed by atoms with Gasteiger partial charge in [0.1, 0.15) is 5.69 Å². The van der Waals surface area contributed by atoms with Gasteiger partial charge in [0.05, 0.1) is 23.0 Å². The average Bonchev–Trinajstić information content (AvgIpc) is 2.93. The molecule has 3 rings (SSSR count). The molecule has 0 aliphatic carbocycles. The first-order valence-corrected chi connectivity index (χ1v) is 8.48. The molecule has 0 saturated carbocycles. The van der Waals surface area contributed by atoms with Crippen LogP contribution in [0.25, 0.3) is 10.9 Å². The van der Waals surface area contributed by atoms with Crippen LogP contribution in [0.3, 0.4) is 0 Å². The van der Waals surface area contributed by atoms with E-state index in [1.165, 1.54) is 12.4 Å². The predicted octanol–water partition coefficient (Wildman–Crippen LogP) is 3.03. The summed E-state index contributed by atoms with van der Waals surface area (Å²) in [6.07, 6.45) is 4.62. The van der Waals surface area contributed by atoms with Crippen molar-refractivity contribution in [2.75, 3.05) is 6.54 Å². The molecule has 0 spiro atoms. The Bertz CT molecular complexity index is 961. The summed E-state index contributed by atoms with van der Waals surface area (Å²) in [5.41, 5.74) is 1.30. The highest BCUT2D eigenvalue weighted by molar-refractivity contribution is 6.18. The Hall–Kier alpha value is -3.22. The number of amides is 1. The number of carbonyl (C=O) groups is 2. The molecule has 3 aromatic rings. The summed E-state index contributed by atoms with van der Waals surface area (Å²) in [5, 5.41) is 13.9. The smallest absolute Gasteiger partial charge is 0.328 e. The molecular weight excluding hydrogens is 332 g/mol. The van der Waals surface area contributed by atoms with Crippen LogP contribution in [0.1, 0.15) is 41.5 Å². The van der Waals surface area contributed by atoms with E-state index in [-0.39, 0.29) is 11.3 Å². The standard InChI is InChI=1S/C19H20N4O3/c1-3-4-9-20-19(26)23-15-8-6-5-7-13(15)16(18(23)25)17(24)14-11-21-12(2)10-22-14/h5-8,10-11,25H,3-4,9H2,1-2H3,(H,20,26). The molecule has 0 bridgehead atoms. The number of carbonyl (C=O) groups excluding carboxylic acids is 2. The monoisotopic (exact) mass is 352 g/mol. The topological polar surface area (TPSA) is 97.1 Å². The van der Waals surface area contributed by atoms with Gasteiger partial charge < -0.3 is 10.4 Å². The lowest BCUT2D eigenvalue weighted by Gasteiger charge is -2.07. The number of aromatic hydroxyl groups is 1. The van der Waals surface area contributed by atoms with Gasteiger partial charge in [0.2, 0.25) is 11.7 Å². The quantitative estimate of drug-likeness (QED) is 0.543. The van der Waals surface area contributed by atoms with E-state index in [9.17, 15) is 14.7 Å². The molecular formula is C19H20N4O3. The second-order valence-corrected chi connectivity index (χ2v) is 6.01. The number of fused-ring (bicyclic) bond motifs is 1. The normalized spacial score (nSPS) is 10.8. The van der Waals surface area contributed by atoms with Crippen LogP contribution in [0, 0.1) is 6.92 Å². The number of para-hydroxylation sites is 1. The van der Waals surface area contributed by atoms with Gasteiger partial charge in [0.15, 0.2) is 0 Å². The minimum atomic E-state index is -0.480. The molecule has 0 atom stereocenters. The van der Waals surface area contributed by atoms with E-state index in [4.69, 9.17) is 0 Å². The Morgan fingerprint density at radius 2 is 1.96 bits per heavy atom. The zero-order valence-corrected chi connectivity index (χ0v) is 14.7. The fourth-order valence-corrected chi connectivity index (χ4v) is 2.74. The van der Waals surface area contributed by atoms with Crippen LogP contribution in [0.4, 0.5) is 4.79 Å². The molecule has 0 unspecified atom stereocenters. The fraction of sp³-hybridized carbons (Fsp3) is 0.263. The van der Waals surface area contributed by atoms with Crippen LogP contribution in [0.15, 0.2) is 36.7 Å². The van der Waals surface area contributed by atoms with Crippen LogP contribution in [0.5, 0.6) is 5.88 Å². The Morgan fingerprint density at radius 1 is 1.19 bits per heavy atom. The summed E-state index contributed by atoms with van der Waals surface area (Å²) in [7, 11) is 0. The first-order chi connectivity index (χ1) is 12.5. The van der Waals surface area contributed by atoms with E-state index in [0.717, 1.165) is 17.4 Å². The van der Waals surface area contributed by atoms with Gasteiger partial charge in [-0.1, -0.05) is 31.5 Å². The third kappa shape index (κ3) is 3.15. The van der Waals surface area contributed by atoms with E-state index in [0.29, 0.717) is 23.1 Å². The number of aryl methyl sites for hydroxylation is 1. The number of nitrogens with one attached hydrogen (secondary N) is 1. The highest BCUT2D eigenvalue weighted by Gasteiger charge is 2.26. The van der Waals surface area contributed by atoms with Gasteiger partial charge in [-0.25, -0.2) is 14.3 Å². The van der Waals surface area contributed by atoms with Gasteiger partial charge in [0.25, 0.3) is 0 Å². The van der Waals surface area contributed by atoms with Gasteiger partial charge in [0, 0.05) is 18.1 Å². The molecule has 0 aliphatic rings. The zero-order valence-electron chi connectivity index (χ0n) is 14.7. The number of ketones is 1. The van der Waals surface area contributed by atoms with E-state index >= 15 is 0 Å². The third-order valence-electron chi connectivity index (χ3n) is 4.10. The lowest BCUT2D eigenvalue weighted by atomic mass is 10.1. The van der Waals surface area contributed by atoms with Gasteiger partial charge in [-0.05, 0) is 19.4 Å². The minimum Gasteiger partial charge on any atom is -0.494 e. The Morgan fingerprint density at radius 3 is 2.65 bits per heavy atom. The van der Waals surface area contributed by atoms with Crippen molar-refractivity contribution in [3.63, 3.8) is 0 Å². The van der Waals surface area contributed by atoms with Gasteiger partial charge in [-0.15, -0.1) is 0 Å². The van der Waals surface area contributed by atoms with Crippen LogP contribution in [-0.4, -0.2) is 38.0 Å². The minimum absolute atomic E-state index is 0.0457. The van der Waals surface area contributed by atoms with Crippen molar-refractivity contribution in [1.29, 1.82) is 0 Å². The highest BCUT2D eigenvalue weighted by atomic mass is 16.3. The Balaban J connectivity index is 2.09. The van der Waals surface area contributed by atoms with Crippen LogP contribution >= 0.6 is 0 Å². The summed E-state index contributed by atoms with van der Waals surface area (Å²) in [6.45, 7) is 4.29. The molecule has 0 aliphatic heterocycles. The average molecular weight is 352 g/mol. The molecule has 1 aromatic carbocycles. The van der Waals surface area contributed by atoms with Gasteiger partial charge in [-0.2, -0.15) is 0 Å². The van der Waals surface area contributed by atoms with Crippen molar-refractivity contribution in [1.82, 2.24) is 19.9 Å². The van der Waals surface area contributed by atoms with E-state index < -0.39 is 17.7 Å². The Kier molecular flexibility index (Phi) is 4.97. The van der Waals surface area contributed by atoms with Crippen molar-refractivity contribution in [2.24, 2.45) is 0 Å². The molecule has 2 heterocycles. The van der Waals surface area contributed by atoms with E-state index in [1.54, 1.807) is 31.2 Å². The molecule has 1 amide bonds. The van der Waals surface area contributed by atoms with Crippen LogP contribution in [-0.2, 0) is 0 Å². The molecule has 0 radical (unpaired) electrons. The van der Waals surface area contributed by atoms with Crippen molar-refractivity contribution in [3.8, 4) is 5.88 Å². The Labute approximate surface area is 150 Å². The number of unbranched alkanes of at least 4 members (excludes halogenated alkanes) is 1. The van der Waals surface area contributed by atoms with Crippen molar-refractivity contribution in [2.45, 2.75) is 26.7 Å². The second kappa shape index (κ2) is 7.35. The summed E-state index contributed by atoms with van der Waals surface area (Å²) in [6, 6.07) is 6.41. The van der Waals surface area contributed by atoms with Crippen molar-refractivity contribution in [3.05, 3.63) is 53.6 Å². The molecule has 7 nitrogen and oxygen atoms in total. The predicted molar refractivity (Wildman–Crippen MR) is 97.5 cm³/mol. The molecule has 2 aromatic heterocycles. The molecule has 134 valence electrons. The first-order valence-electron chi connectivity index (χ1n) is 8.48. The molecule has 7 heteroatoms. The molecule has 0 saturated heterocycles. The van der Waals surface area contributed by atoms with Crippen molar-refractivity contribution >= 4 is 22.7 Å². The summed E-state index contributed by atoms with van der Waals surface area (Å²) < 4.78 is 1.12.